The van der Waals surface area contributed by atoms with E-state index < -0.39 is 24.4 Å². The molecule has 0 heterocycles. The topological polar surface area (TPSA) is 89.6 Å². The second-order valence-electron chi connectivity index (χ2n) is 3.32. The highest BCUT2D eigenvalue weighted by molar-refractivity contribution is 6.40. The number of carbonyl (C=O) groups is 2. The van der Waals surface area contributed by atoms with Crippen LogP contribution in [0, 0.1) is 0 Å². The zero-order chi connectivity index (χ0) is 13.9. The average molecular weight is 313 g/mol. The van der Waals surface area contributed by atoms with E-state index in [-0.39, 0.29) is 20.8 Å². The van der Waals surface area contributed by atoms with Crippen molar-refractivity contribution in [3.8, 4) is 5.75 Å². The monoisotopic (exact) mass is 311 g/mol. The van der Waals surface area contributed by atoms with Crippen molar-refractivity contribution in [2.45, 2.75) is 12.5 Å². The molecule has 0 bridgehead atoms. The van der Waals surface area contributed by atoms with Gasteiger partial charge in [0.2, 0.25) is 0 Å². The number of carboxylic acids is 1. The molecule has 18 heavy (non-hydrogen) atoms. The Balaban J connectivity index is 2.80. The van der Waals surface area contributed by atoms with Gasteiger partial charge in [0.25, 0.3) is 0 Å². The summed E-state index contributed by atoms with van der Waals surface area (Å²) in [7, 11) is 0. The van der Waals surface area contributed by atoms with Crippen molar-refractivity contribution < 1.29 is 19.4 Å². The third-order valence-corrected chi connectivity index (χ3v) is 2.66. The van der Waals surface area contributed by atoms with Crippen LogP contribution in [0.25, 0.3) is 0 Å². The second-order valence-corrected chi connectivity index (χ2v) is 4.57. The molecule has 8 heteroatoms. The number of carbonyl (C=O) groups excluding carboxylic acids is 1. The third-order valence-electron chi connectivity index (χ3n) is 1.88. The molecular weight excluding hydrogens is 304 g/mol. The number of rotatable bonds is 4. The molecule has 0 spiro atoms. The molecule has 0 aliphatic heterocycles. The van der Waals surface area contributed by atoms with Crippen LogP contribution in [0.4, 0.5) is 0 Å². The zero-order valence-corrected chi connectivity index (χ0v) is 11.1. The second kappa shape index (κ2) is 6.24. The lowest BCUT2D eigenvalue weighted by Gasteiger charge is -2.10. The van der Waals surface area contributed by atoms with Gasteiger partial charge in [0.1, 0.15) is 6.04 Å². The van der Waals surface area contributed by atoms with Crippen LogP contribution in [0.5, 0.6) is 5.75 Å². The zero-order valence-electron chi connectivity index (χ0n) is 8.82. The molecule has 98 valence electrons. The summed E-state index contributed by atoms with van der Waals surface area (Å²) < 4.78 is 4.85. The van der Waals surface area contributed by atoms with Crippen molar-refractivity contribution in [3.63, 3.8) is 0 Å². The largest absolute Gasteiger partial charge is 0.480 e. The molecule has 5 nitrogen and oxygen atoms in total. The molecule has 0 aromatic heterocycles. The van der Waals surface area contributed by atoms with E-state index in [2.05, 4.69) is 0 Å². The predicted octanol–water partition coefficient (Wildman–Crippen LogP) is 2.35. The van der Waals surface area contributed by atoms with Crippen molar-refractivity contribution in [1.29, 1.82) is 0 Å². The van der Waals surface area contributed by atoms with Crippen LogP contribution in [-0.2, 0) is 9.59 Å². The van der Waals surface area contributed by atoms with Gasteiger partial charge in [-0.2, -0.15) is 0 Å². The van der Waals surface area contributed by atoms with Crippen LogP contribution < -0.4 is 10.5 Å². The van der Waals surface area contributed by atoms with Gasteiger partial charge in [-0.25, -0.2) is 0 Å². The quantitative estimate of drug-likeness (QED) is 0.658. The van der Waals surface area contributed by atoms with Crippen LogP contribution in [0.1, 0.15) is 6.42 Å². The first-order valence-corrected chi connectivity index (χ1v) is 5.78. The van der Waals surface area contributed by atoms with Crippen LogP contribution >= 0.6 is 34.8 Å². The van der Waals surface area contributed by atoms with Crippen LogP contribution in [0.15, 0.2) is 12.1 Å². The Hall–Kier alpha value is -1.01. The number of esters is 1. The van der Waals surface area contributed by atoms with Gasteiger partial charge in [-0.1, -0.05) is 34.8 Å². The summed E-state index contributed by atoms with van der Waals surface area (Å²) >= 11 is 17.2. The summed E-state index contributed by atoms with van der Waals surface area (Å²) in [5.41, 5.74) is 5.18. The van der Waals surface area contributed by atoms with Gasteiger partial charge in [-0.05, 0) is 12.1 Å². The molecule has 1 aromatic rings. The van der Waals surface area contributed by atoms with Gasteiger partial charge in [0.05, 0.1) is 16.5 Å². The van der Waals surface area contributed by atoms with E-state index in [1.807, 2.05) is 0 Å². The first kappa shape index (κ1) is 15.0. The first-order valence-electron chi connectivity index (χ1n) is 4.65. The maximum absolute atomic E-state index is 11.4. The normalized spacial score (nSPS) is 12.0. The van der Waals surface area contributed by atoms with Crippen LogP contribution in [0.2, 0.25) is 15.1 Å². The SMILES string of the molecule is N[C@@H](CC(=O)Oc1c(Cl)cc(Cl)cc1Cl)C(=O)O. The van der Waals surface area contributed by atoms with E-state index in [4.69, 9.17) is 50.4 Å². The highest BCUT2D eigenvalue weighted by atomic mass is 35.5. The molecule has 1 aromatic carbocycles. The highest BCUT2D eigenvalue weighted by Gasteiger charge is 2.20. The number of nitrogens with two attached hydrogens (primary N) is 1. The molecule has 0 aliphatic rings. The van der Waals surface area contributed by atoms with Gasteiger partial charge >= 0.3 is 11.9 Å². The molecule has 1 atom stereocenters. The number of hydrogen-bond donors (Lipinski definition) is 2. The summed E-state index contributed by atoms with van der Waals surface area (Å²) in [5, 5.41) is 8.92. The van der Waals surface area contributed by atoms with Crippen LogP contribution in [0.3, 0.4) is 0 Å². The van der Waals surface area contributed by atoms with Gasteiger partial charge < -0.3 is 15.6 Å². The molecule has 1 rings (SSSR count). The number of hydrogen-bond acceptors (Lipinski definition) is 4. The van der Waals surface area contributed by atoms with Crippen molar-refractivity contribution >= 4 is 46.7 Å². The number of aliphatic carboxylic acids is 1. The Morgan fingerprint density at radius 3 is 2.22 bits per heavy atom. The van der Waals surface area contributed by atoms with Gasteiger partial charge in [-0.3, -0.25) is 9.59 Å². The lowest BCUT2D eigenvalue weighted by Crippen LogP contribution is -2.33. The van der Waals surface area contributed by atoms with E-state index in [0.29, 0.717) is 0 Å². The van der Waals surface area contributed by atoms with Gasteiger partial charge in [0.15, 0.2) is 5.75 Å². The molecule has 3 N–H and O–H groups in total. The average Bonchev–Trinajstić information content (AvgIpc) is 2.23. The molecule has 0 amide bonds. The minimum Gasteiger partial charge on any atom is -0.480 e. The fraction of sp³-hybridized carbons (Fsp3) is 0.200. The lowest BCUT2D eigenvalue weighted by atomic mass is 10.2. The van der Waals surface area contributed by atoms with E-state index in [9.17, 15) is 9.59 Å². The van der Waals surface area contributed by atoms with Gasteiger partial charge in [-0.15, -0.1) is 0 Å². The summed E-state index contributed by atoms with van der Waals surface area (Å²) in [6.07, 6.45) is -0.495. The third kappa shape index (κ3) is 4.03. The van der Waals surface area contributed by atoms with E-state index in [1.54, 1.807) is 0 Å². The van der Waals surface area contributed by atoms with Crippen molar-refractivity contribution in [2.24, 2.45) is 5.73 Å². The summed E-state index contributed by atoms with van der Waals surface area (Å²) in [6, 6.07) is 1.34. The number of ether oxygens (including phenoxy) is 1. The van der Waals surface area contributed by atoms with Crippen molar-refractivity contribution in [3.05, 3.63) is 27.2 Å². The Morgan fingerprint density at radius 2 is 1.78 bits per heavy atom. The van der Waals surface area contributed by atoms with E-state index in [0.717, 1.165) is 0 Å². The molecule has 0 radical (unpaired) electrons. The Bertz CT molecular complexity index is 469. The van der Waals surface area contributed by atoms with E-state index >= 15 is 0 Å². The number of carboxylic acid groups (broad SMARTS) is 1. The number of benzene rings is 1. The minimum absolute atomic E-state index is 0.0461. The van der Waals surface area contributed by atoms with Crippen molar-refractivity contribution in [2.75, 3.05) is 0 Å². The fourth-order valence-electron chi connectivity index (χ4n) is 1.05. The van der Waals surface area contributed by atoms with Crippen LogP contribution in [-0.4, -0.2) is 23.1 Å². The standard InChI is InChI=1S/C10H8Cl3NO4/c11-4-1-5(12)9(6(13)2-4)18-8(15)3-7(14)10(16)17/h1-2,7H,3,14H2,(H,16,17)/t7-/m0/s1. The minimum atomic E-state index is -1.35. The molecule has 0 saturated heterocycles. The Kier molecular flexibility index (Phi) is 5.22. The fourth-order valence-corrected chi connectivity index (χ4v) is 1.94. The molecule has 0 fully saturated rings. The maximum atomic E-state index is 11.4. The van der Waals surface area contributed by atoms with Gasteiger partial charge in [0, 0.05) is 5.02 Å². The predicted molar refractivity (Wildman–Crippen MR) is 67.3 cm³/mol. The Labute approximate surface area is 117 Å². The van der Waals surface area contributed by atoms with E-state index in [1.165, 1.54) is 12.1 Å². The Morgan fingerprint density at radius 1 is 1.28 bits per heavy atom. The molecule has 0 aliphatic carbocycles. The molecule has 0 saturated carbocycles. The molecular formula is C10H8Cl3NO4. The maximum Gasteiger partial charge on any atom is 0.321 e. The smallest absolute Gasteiger partial charge is 0.321 e. The molecule has 0 unspecified atom stereocenters. The summed E-state index contributed by atoms with van der Waals surface area (Å²) in [5.74, 6) is -2.23. The summed E-state index contributed by atoms with van der Waals surface area (Å²) in [4.78, 5) is 21.9. The number of halogens is 3. The highest BCUT2D eigenvalue weighted by Crippen LogP contribution is 2.35. The lowest BCUT2D eigenvalue weighted by molar-refractivity contribution is -0.143. The van der Waals surface area contributed by atoms with Crippen molar-refractivity contribution in [1.82, 2.24) is 0 Å². The first-order chi connectivity index (χ1) is 8.31. The summed E-state index contributed by atoms with van der Waals surface area (Å²) in [6.45, 7) is 0.